The van der Waals surface area contributed by atoms with Gasteiger partial charge < -0.3 is 15.4 Å². The largest absolute Gasteiger partial charge is 0.497 e. The van der Waals surface area contributed by atoms with E-state index in [0.29, 0.717) is 37.6 Å². The van der Waals surface area contributed by atoms with E-state index in [1.54, 1.807) is 31.4 Å². The number of sulfonamides is 1. The molecule has 0 saturated carbocycles. The lowest BCUT2D eigenvalue weighted by Crippen LogP contribution is -2.47. The number of nitrogens with zero attached hydrogens (tertiary/aromatic N) is 1. The van der Waals surface area contributed by atoms with Crippen molar-refractivity contribution < 1.29 is 17.9 Å². The number of ether oxygens (including phenoxy) is 1. The molecule has 0 radical (unpaired) electrons. The summed E-state index contributed by atoms with van der Waals surface area (Å²) >= 11 is 0. The lowest BCUT2D eigenvalue weighted by Gasteiger charge is -2.26. The molecule has 1 fully saturated rings. The van der Waals surface area contributed by atoms with Crippen molar-refractivity contribution in [1.29, 1.82) is 0 Å². The van der Waals surface area contributed by atoms with Crippen molar-refractivity contribution in [3.8, 4) is 5.75 Å². The molecule has 2 N–H and O–H groups in total. The molecule has 0 atom stereocenters. The number of hydrogen-bond acceptors (Lipinski definition) is 5. The number of hydrogen-bond donors (Lipinski definition) is 2. The molecule has 7 nitrogen and oxygen atoms in total. The minimum absolute atomic E-state index is 0.0660. The van der Waals surface area contributed by atoms with Crippen molar-refractivity contribution in [3.05, 3.63) is 24.3 Å². The highest BCUT2D eigenvalue weighted by molar-refractivity contribution is 7.89. The molecule has 0 unspecified atom stereocenters. The van der Waals surface area contributed by atoms with Gasteiger partial charge in [0.1, 0.15) is 5.75 Å². The summed E-state index contributed by atoms with van der Waals surface area (Å²) in [6, 6.07) is 6.93. The Morgan fingerprint density at radius 2 is 2.09 bits per heavy atom. The van der Waals surface area contributed by atoms with Gasteiger partial charge in [0.15, 0.2) is 0 Å². The van der Waals surface area contributed by atoms with Gasteiger partial charge in [0.2, 0.25) is 15.9 Å². The van der Waals surface area contributed by atoms with Gasteiger partial charge in [-0.1, -0.05) is 6.07 Å². The normalized spacial score (nSPS) is 16.2. The molecule has 22 heavy (non-hydrogen) atoms. The summed E-state index contributed by atoms with van der Waals surface area (Å²) in [6.07, 6.45) is -0.0660. The molecule has 122 valence electrons. The van der Waals surface area contributed by atoms with Gasteiger partial charge in [-0.3, -0.25) is 4.79 Å². The summed E-state index contributed by atoms with van der Waals surface area (Å²) in [7, 11) is -1.83. The van der Waals surface area contributed by atoms with Gasteiger partial charge in [-0.25, -0.2) is 8.42 Å². The number of amides is 1. The smallest absolute Gasteiger partial charge is 0.225 e. The fourth-order valence-electron chi connectivity index (χ4n) is 2.20. The van der Waals surface area contributed by atoms with Crippen LogP contribution in [0.2, 0.25) is 0 Å². The highest BCUT2D eigenvalue weighted by Gasteiger charge is 2.24. The molecule has 1 aliphatic heterocycles. The number of rotatable bonds is 6. The molecule has 1 aliphatic rings. The summed E-state index contributed by atoms with van der Waals surface area (Å²) in [5.74, 6) is 0.126. The maximum absolute atomic E-state index is 12.1. The van der Waals surface area contributed by atoms with E-state index in [1.165, 1.54) is 4.31 Å². The van der Waals surface area contributed by atoms with Crippen LogP contribution in [0.1, 0.15) is 6.42 Å². The van der Waals surface area contributed by atoms with Crippen LogP contribution in [0.4, 0.5) is 5.69 Å². The summed E-state index contributed by atoms with van der Waals surface area (Å²) in [6.45, 7) is 2.21. The van der Waals surface area contributed by atoms with Gasteiger partial charge in [-0.2, -0.15) is 4.31 Å². The Labute approximate surface area is 130 Å². The Hall–Kier alpha value is -1.64. The highest BCUT2D eigenvalue weighted by Crippen LogP contribution is 2.17. The SMILES string of the molecule is COc1cccc(NC(=O)CCS(=O)(=O)N2CCNCC2)c1. The maximum atomic E-state index is 12.1. The van der Waals surface area contributed by atoms with E-state index < -0.39 is 10.0 Å². The van der Waals surface area contributed by atoms with E-state index in [1.807, 2.05) is 0 Å². The second kappa shape index (κ2) is 7.57. The van der Waals surface area contributed by atoms with E-state index >= 15 is 0 Å². The van der Waals surface area contributed by atoms with Crippen LogP contribution in [0, 0.1) is 0 Å². The summed E-state index contributed by atoms with van der Waals surface area (Å²) in [5.41, 5.74) is 0.587. The Morgan fingerprint density at radius 3 is 2.77 bits per heavy atom. The number of piperazine rings is 1. The molecule has 8 heteroatoms. The molecule has 1 heterocycles. The van der Waals surface area contributed by atoms with E-state index in [0.717, 1.165) is 0 Å². The van der Waals surface area contributed by atoms with Gasteiger partial charge in [0, 0.05) is 44.4 Å². The van der Waals surface area contributed by atoms with Crippen molar-refractivity contribution in [3.63, 3.8) is 0 Å². The molecule has 2 rings (SSSR count). The Kier molecular flexibility index (Phi) is 5.76. The first-order valence-electron chi connectivity index (χ1n) is 7.14. The van der Waals surface area contributed by atoms with Crippen LogP contribution in [0.3, 0.4) is 0 Å². The highest BCUT2D eigenvalue weighted by atomic mass is 32.2. The minimum Gasteiger partial charge on any atom is -0.497 e. The third-order valence-electron chi connectivity index (χ3n) is 3.41. The van der Waals surface area contributed by atoms with Gasteiger partial charge in [-0.15, -0.1) is 0 Å². The fraction of sp³-hybridized carbons (Fsp3) is 0.500. The summed E-state index contributed by atoms with van der Waals surface area (Å²) in [4.78, 5) is 11.9. The monoisotopic (exact) mass is 327 g/mol. The van der Waals surface area contributed by atoms with Crippen LogP contribution in [-0.2, 0) is 14.8 Å². The standard InChI is InChI=1S/C14H21N3O4S/c1-21-13-4-2-3-12(11-13)16-14(18)5-10-22(19,20)17-8-6-15-7-9-17/h2-4,11,15H,5-10H2,1H3,(H,16,18). The number of carbonyl (C=O) groups excluding carboxylic acids is 1. The number of benzene rings is 1. The van der Waals surface area contributed by atoms with Crippen LogP contribution in [0.5, 0.6) is 5.75 Å². The zero-order valence-electron chi connectivity index (χ0n) is 12.5. The molecular formula is C14H21N3O4S. The number of nitrogens with one attached hydrogen (secondary N) is 2. The average molecular weight is 327 g/mol. The maximum Gasteiger partial charge on any atom is 0.225 e. The van der Waals surface area contributed by atoms with Crippen LogP contribution in [0.15, 0.2) is 24.3 Å². The van der Waals surface area contributed by atoms with E-state index in [2.05, 4.69) is 10.6 Å². The van der Waals surface area contributed by atoms with E-state index in [9.17, 15) is 13.2 Å². The minimum atomic E-state index is -3.38. The molecule has 1 aromatic rings. The van der Waals surface area contributed by atoms with Gasteiger partial charge >= 0.3 is 0 Å². The van der Waals surface area contributed by atoms with Crippen molar-refractivity contribution in [2.45, 2.75) is 6.42 Å². The van der Waals surface area contributed by atoms with Gasteiger partial charge in [-0.05, 0) is 12.1 Å². The van der Waals surface area contributed by atoms with Crippen LogP contribution in [-0.4, -0.2) is 57.7 Å². The first-order chi connectivity index (χ1) is 10.5. The van der Waals surface area contributed by atoms with Gasteiger partial charge in [0.05, 0.1) is 12.9 Å². The molecule has 0 bridgehead atoms. The summed E-state index contributed by atoms with van der Waals surface area (Å²) < 4.78 is 30.8. The zero-order chi connectivity index (χ0) is 16.0. The first kappa shape index (κ1) is 16.7. The molecule has 0 aliphatic carbocycles. The molecular weight excluding hydrogens is 306 g/mol. The molecule has 0 aromatic heterocycles. The van der Waals surface area contributed by atoms with Crippen molar-refractivity contribution >= 4 is 21.6 Å². The van der Waals surface area contributed by atoms with Crippen molar-refractivity contribution in [2.75, 3.05) is 44.4 Å². The van der Waals surface area contributed by atoms with Crippen LogP contribution in [0.25, 0.3) is 0 Å². The van der Waals surface area contributed by atoms with Crippen molar-refractivity contribution in [2.24, 2.45) is 0 Å². The van der Waals surface area contributed by atoms with Gasteiger partial charge in [0.25, 0.3) is 0 Å². The lowest BCUT2D eigenvalue weighted by atomic mass is 10.3. The third kappa shape index (κ3) is 4.69. The number of methoxy groups -OCH3 is 1. The third-order valence-corrected chi connectivity index (χ3v) is 5.28. The lowest BCUT2D eigenvalue weighted by molar-refractivity contribution is -0.115. The quantitative estimate of drug-likeness (QED) is 0.782. The Balaban J connectivity index is 1.86. The Morgan fingerprint density at radius 1 is 1.36 bits per heavy atom. The predicted octanol–water partition coefficient (Wildman–Crippen LogP) is 0.259. The van der Waals surface area contributed by atoms with E-state index in [4.69, 9.17) is 4.74 Å². The number of carbonyl (C=O) groups is 1. The topological polar surface area (TPSA) is 87.7 Å². The molecule has 1 amide bonds. The second-order valence-corrected chi connectivity index (χ2v) is 7.08. The molecule has 1 aromatic carbocycles. The van der Waals surface area contributed by atoms with Crippen LogP contribution < -0.4 is 15.4 Å². The fourth-order valence-corrected chi connectivity index (χ4v) is 3.64. The Bertz CT molecular complexity index is 612. The molecule has 1 saturated heterocycles. The average Bonchev–Trinajstić information content (AvgIpc) is 2.54. The summed E-state index contributed by atoms with van der Waals surface area (Å²) in [5, 5.41) is 5.78. The van der Waals surface area contributed by atoms with E-state index in [-0.39, 0.29) is 18.1 Å². The van der Waals surface area contributed by atoms with Crippen LogP contribution >= 0.6 is 0 Å². The zero-order valence-corrected chi connectivity index (χ0v) is 13.4. The second-order valence-electron chi connectivity index (χ2n) is 5.00. The predicted molar refractivity (Wildman–Crippen MR) is 84.5 cm³/mol. The molecule has 0 spiro atoms. The number of anilines is 1. The first-order valence-corrected chi connectivity index (χ1v) is 8.74. The van der Waals surface area contributed by atoms with Crippen molar-refractivity contribution in [1.82, 2.24) is 9.62 Å².